The van der Waals surface area contributed by atoms with Crippen molar-refractivity contribution in [1.82, 2.24) is 10.3 Å². The van der Waals surface area contributed by atoms with Gasteiger partial charge in [0.2, 0.25) is 0 Å². The topological polar surface area (TPSA) is 89.3 Å². The minimum Gasteiger partial charge on any atom is -0.445 e. The van der Waals surface area contributed by atoms with Gasteiger partial charge in [0.25, 0.3) is 0 Å². The van der Waals surface area contributed by atoms with Gasteiger partial charge in [0.1, 0.15) is 12.4 Å². The minimum atomic E-state index is -0.448. The summed E-state index contributed by atoms with van der Waals surface area (Å²) in [5.41, 5.74) is 4.18. The third-order valence-corrected chi connectivity index (χ3v) is 2.88. The van der Waals surface area contributed by atoms with Crippen LogP contribution in [0.2, 0.25) is 0 Å². The normalized spacial score (nSPS) is 9.43. The molecule has 1 heterocycles. The number of anilines is 1. The molecule has 0 aliphatic rings. The summed E-state index contributed by atoms with van der Waals surface area (Å²) >= 11 is 0. The number of aromatic nitrogens is 1. The molecule has 6 nitrogen and oxygen atoms in total. The molecule has 0 radical (unpaired) electrons. The molecule has 2 aromatic rings. The van der Waals surface area contributed by atoms with Crippen molar-refractivity contribution < 1.29 is 9.53 Å². The molecule has 0 atom stereocenters. The zero-order chi connectivity index (χ0) is 16.3. The van der Waals surface area contributed by atoms with E-state index < -0.39 is 6.09 Å². The molecule has 0 fully saturated rings. The highest BCUT2D eigenvalue weighted by Crippen LogP contribution is 2.02. The lowest BCUT2D eigenvalue weighted by atomic mass is 10.2. The lowest BCUT2D eigenvalue weighted by Gasteiger charge is -2.05. The van der Waals surface area contributed by atoms with E-state index in [2.05, 4.69) is 27.6 Å². The van der Waals surface area contributed by atoms with E-state index in [4.69, 9.17) is 10.6 Å². The van der Waals surface area contributed by atoms with Crippen LogP contribution >= 0.6 is 0 Å². The Morgan fingerprint density at radius 2 is 2.04 bits per heavy atom. The first-order chi connectivity index (χ1) is 11.3. The van der Waals surface area contributed by atoms with Crippen molar-refractivity contribution in [1.29, 1.82) is 0 Å². The van der Waals surface area contributed by atoms with Gasteiger partial charge in [-0.25, -0.2) is 15.6 Å². The van der Waals surface area contributed by atoms with Crippen LogP contribution in [0.5, 0.6) is 0 Å². The second-order valence-electron chi connectivity index (χ2n) is 4.62. The first kappa shape index (κ1) is 16.3. The standard InChI is InChI=1S/C17H18N4O2/c18-21-16-10-9-14(12-20-16)6-4-5-11-19-17(22)23-13-15-7-2-1-3-8-15/h1-3,7-10,12H,5,11,13,18H2,(H,19,22)(H,20,21). The third kappa shape index (κ3) is 6.08. The molecule has 0 saturated carbocycles. The number of ether oxygens (including phenoxy) is 1. The van der Waals surface area contributed by atoms with Crippen LogP contribution in [0.25, 0.3) is 0 Å². The van der Waals surface area contributed by atoms with Crippen molar-refractivity contribution in [2.45, 2.75) is 13.0 Å². The Morgan fingerprint density at radius 1 is 1.22 bits per heavy atom. The molecule has 0 spiro atoms. The number of nitrogens with zero attached hydrogens (tertiary/aromatic N) is 1. The lowest BCUT2D eigenvalue weighted by Crippen LogP contribution is -2.24. The Kier molecular flexibility index (Phi) is 6.44. The number of nitrogens with one attached hydrogen (secondary N) is 2. The monoisotopic (exact) mass is 310 g/mol. The fourth-order valence-corrected chi connectivity index (χ4v) is 1.72. The van der Waals surface area contributed by atoms with Crippen molar-refractivity contribution in [2.24, 2.45) is 5.84 Å². The fraction of sp³-hybridized carbons (Fsp3) is 0.176. The largest absolute Gasteiger partial charge is 0.445 e. The van der Waals surface area contributed by atoms with E-state index in [1.165, 1.54) is 0 Å². The summed E-state index contributed by atoms with van der Waals surface area (Å²) in [6.45, 7) is 0.683. The Morgan fingerprint density at radius 3 is 2.74 bits per heavy atom. The van der Waals surface area contributed by atoms with Crippen molar-refractivity contribution in [2.75, 3.05) is 12.0 Å². The van der Waals surface area contributed by atoms with Crippen molar-refractivity contribution in [3.05, 3.63) is 59.8 Å². The zero-order valence-corrected chi connectivity index (χ0v) is 12.6. The SMILES string of the molecule is NNc1ccc(C#CCCNC(=O)OCc2ccccc2)cn1. The average molecular weight is 310 g/mol. The molecule has 0 bridgehead atoms. The molecule has 6 heteroatoms. The second-order valence-corrected chi connectivity index (χ2v) is 4.62. The first-order valence-electron chi connectivity index (χ1n) is 7.14. The number of hydrazine groups is 1. The van der Waals surface area contributed by atoms with Gasteiger partial charge >= 0.3 is 6.09 Å². The highest BCUT2D eigenvalue weighted by molar-refractivity contribution is 5.67. The number of amides is 1. The molecule has 0 unspecified atom stereocenters. The molecule has 0 aliphatic carbocycles. The Hall–Kier alpha value is -3.04. The molecule has 4 N–H and O–H groups in total. The Labute approximate surface area is 135 Å². The zero-order valence-electron chi connectivity index (χ0n) is 12.6. The van der Waals surface area contributed by atoms with Crippen LogP contribution in [-0.2, 0) is 11.3 Å². The molecule has 2 rings (SSSR count). The van der Waals surface area contributed by atoms with Crippen LogP contribution in [0.15, 0.2) is 48.7 Å². The van der Waals surface area contributed by atoms with E-state index in [1.54, 1.807) is 12.3 Å². The molecule has 23 heavy (non-hydrogen) atoms. The first-order valence-corrected chi connectivity index (χ1v) is 7.14. The summed E-state index contributed by atoms with van der Waals surface area (Å²) in [5.74, 6) is 11.7. The van der Waals surface area contributed by atoms with Crippen LogP contribution in [0, 0.1) is 11.8 Å². The summed E-state index contributed by atoms with van der Waals surface area (Å²) < 4.78 is 5.09. The number of benzene rings is 1. The van der Waals surface area contributed by atoms with Gasteiger partial charge in [0.15, 0.2) is 0 Å². The minimum absolute atomic E-state index is 0.256. The summed E-state index contributed by atoms with van der Waals surface area (Å²) in [4.78, 5) is 15.6. The fourth-order valence-electron chi connectivity index (χ4n) is 1.72. The van der Waals surface area contributed by atoms with E-state index in [9.17, 15) is 4.79 Å². The van der Waals surface area contributed by atoms with E-state index >= 15 is 0 Å². The highest BCUT2D eigenvalue weighted by Gasteiger charge is 2.00. The Balaban J connectivity index is 1.65. The number of hydrogen-bond donors (Lipinski definition) is 3. The number of carbonyl (C=O) groups excluding carboxylic acids is 1. The van der Waals surface area contributed by atoms with E-state index in [0.29, 0.717) is 18.8 Å². The van der Waals surface area contributed by atoms with Crippen LogP contribution in [-0.4, -0.2) is 17.6 Å². The maximum Gasteiger partial charge on any atom is 0.407 e. The van der Waals surface area contributed by atoms with Crippen LogP contribution in [0.1, 0.15) is 17.5 Å². The Bertz CT molecular complexity index is 675. The molecule has 1 aromatic carbocycles. The molecule has 0 aliphatic heterocycles. The number of rotatable bonds is 5. The second kappa shape index (κ2) is 9.07. The van der Waals surface area contributed by atoms with Gasteiger partial charge in [-0.3, -0.25) is 0 Å². The molecule has 1 amide bonds. The van der Waals surface area contributed by atoms with E-state index in [0.717, 1.165) is 11.1 Å². The van der Waals surface area contributed by atoms with Gasteiger partial charge in [-0.2, -0.15) is 0 Å². The quantitative estimate of drug-likeness (QED) is 0.340. The molecule has 118 valence electrons. The average Bonchev–Trinajstić information content (AvgIpc) is 2.61. The number of hydrogen-bond acceptors (Lipinski definition) is 5. The van der Waals surface area contributed by atoms with Crippen molar-refractivity contribution in [3.8, 4) is 11.8 Å². The van der Waals surface area contributed by atoms with Crippen LogP contribution in [0.4, 0.5) is 10.6 Å². The molecular weight excluding hydrogens is 292 g/mol. The summed E-state index contributed by atoms with van der Waals surface area (Å²) in [6.07, 6.45) is 1.71. The smallest absolute Gasteiger partial charge is 0.407 e. The van der Waals surface area contributed by atoms with E-state index in [1.807, 2.05) is 36.4 Å². The van der Waals surface area contributed by atoms with Crippen LogP contribution in [0.3, 0.4) is 0 Å². The molecular formula is C17H18N4O2. The predicted octanol–water partition coefficient (Wildman–Crippen LogP) is 2.04. The van der Waals surface area contributed by atoms with Gasteiger partial charge in [-0.1, -0.05) is 42.2 Å². The number of nitrogen functional groups attached to an aromatic ring is 1. The van der Waals surface area contributed by atoms with Crippen LogP contribution < -0.4 is 16.6 Å². The summed E-state index contributed by atoms with van der Waals surface area (Å²) in [6, 6.07) is 13.1. The van der Waals surface area contributed by atoms with Gasteiger partial charge in [-0.15, -0.1) is 0 Å². The van der Waals surface area contributed by atoms with Gasteiger partial charge < -0.3 is 15.5 Å². The van der Waals surface area contributed by atoms with Gasteiger partial charge in [0, 0.05) is 24.7 Å². The third-order valence-electron chi connectivity index (χ3n) is 2.88. The summed E-state index contributed by atoms with van der Waals surface area (Å²) in [5, 5.41) is 2.65. The van der Waals surface area contributed by atoms with Crippen molar-refractivity contribution in [3.63, 3.8) is 0 Å². The van der Waals surface area contributed by atoms with Crippen molar-refractivity contribution >= 4 is 11.9 Å². The lowest BCUT2D eigenvalue weighted by molar-refractivity contribution is 0.140. The predicted molar refractivity (Wildman–Crippen MR) is 88.2 cm³/mol. The maximum atomic E-state index is 11.5. The van der Waals surface area contributed by atoms with Gasteiger partial charge in [-0.05, 0) is 17.7 Å². The molecule has 0 saturated heterocycles. The maximum absolute atomic E-state index is 11.5. The van der Waals surface area contributed by atoms with Gasteiger partial charge in [0.05, 0.1) is 0 Å². The number of nitrogens with two attached hydrogens (primary N) is 1. The highest BCUT2D eigenvalue weighted by atomic mass is 16.5. The number of pyridine rings is 1. The number of alkyl carbamates (subject to hydrolysis) is 1. The number of carbonyl (C=O) groups is 1. The molecule has 1 aromatic heterocycles. The van der Waals surface area contributed by atoms with E-state index in [-0.39, 0.29) is 6.61 Å². The summed E-state index contributed by atoms with van der Waals surface area (Å²) in [7, 11) is 0.